The first-order valence-corrected chi connectivity index (χ1v) is 16.3. The Morgan fingerprint density at radius 3 is 1.74 bits per heavy atom. The van der Waals surface area contributed by atoms with Gasteiger partial charge in [0, 0.05) is 32.8 Å². The van der Waals surface area contributed by atoms with Gasteiger partial charge in [-0.15, -0.1) is 0 Å². The van der Waals surface area contributed by atoms with E-state index in [9.17, 15) is 15.8 Å². The van der Waals surface area contributed by atoms with Crippen LogP contribution >= 0.6 is 0 Å². The molecular weight excluding hydrogens is 611 g/mol. The molecule has 0 unspecified atom stereocenters. The SMILES string of the molecule is N#Cc1ccc(-c2cccc(-c3cccc(-n4c5ccccc5c5ccccc54)c3)c2)c(-n2c3ccc(C#N)cc3c3c(C#N)cccc32)c1. The molecule has 5 nitrogen and oxygen atoms in total. The summed E-state index contributed by atoms with van der Waals surface area (Å²) in [5.41, 5.74) is 11.6. The fourth-order valence-electron chi connectivity index (χ4n) is 7.41. The first kappa shape index (κ1) is 28.8. The summed E-state index contributed by atoms with van der Waals surface area (Å²) in [6.45, 7) is 0. The third-order valence-corrected chi connectivity index (χ3v) is 9.60. The molecule has 5 heteroatoms. The molecule has 0 saturated heterocycles. The molecule has 0 radical (unpaired) electrons. The third kappa shape index (κ3) is 4.38. The van der Waals surface area contributed by atoms with Crippen LogP contribution in [0.2, 0.25) is 0 Å². The summed E-state index contributed by atoms with van der Waals surface area (Å²) < 4.78 is 4.44. The normalized spacial score (nSPS) is 11.1. The lowest BCUT2D eigenvalue weighted by molar-refractivity contribution is 1.18. The maximum absolute atomic E-state index is 10.1. The largest absolute Gasteiger partial charge is 0.309 e. The molecule has 0 N–H and O–H groups in total. The Hall–Kier alpha value is -7.39. The van der Waals surface area contributed by atoms with E-state index in [2.05, 4.69) is 124 Å². The molecule has 2 aromatic heterocycles. The van der Waals surface area contributed by atoms with Gasteiger partial charge in [0.1, 0.15) is 0 Å². The van der Waals surface area contributed by atoms with Gasteiger partial charge < -0.3 is 9.13 Å². The van der Waals surface area contributed by atoms with Crippen LogP contribution in [-0.4, -0.2) is 9.13 Å². The van der Waals surface area contributed by atoms with Gasteiger partial charge in [0.2, 0.25) is 0 Å². The second-order valence-corrected chi connectivity index (χ2v) is 12.3. The standard InChI is InChI=1S/C45H25N5/c46-26-29-19-21-42-39(22-29)45-34(28-48)11-7-17-43(45)50(42)44-23-30(27-47)18-20-36(44)33-10-5-8-31(24-33)32-9-6-12-35(25-32)49-40-15-3-1-13-37(40)38-14-2-4-16-41(38)49/h1-25H. The summed E-state index contributed by atoms with van der Waals surface area (Å²) in [7, 11) is 0. The molecule has 230 valence electrons. The van der Waals surface area contributed by atoms with Crippen molar-refractivity contribution < 1.29 is 0 Å². The number of nitriles is 3. The van der Waals surface area contributed by atoms with E-state index < -0.39 is 0 Å². The van der Waals surface area contributed by atoms with Gasteiger partial charge in [-0.1, -0.05) is 78.9 Å². The predicted molar refractivity (Wildman–Crippen MR) is 200 cm³/mol. The third-order valence-electron chi connectivity index (χ3n) is 9.60. The molecule has 0 fully saturated rings. The summed E-state index contributed by atoms with van der Waals surface area (Å²) in [6.07, 6.45) is 0. The highest BCUT2D eigenvalue weighted by atomic mass is 15.0. The van der Waals surface area contributed by atoms with E-state index in [1.165, 1.54) is 10.8 Å². The molecule has 2 heterocycles. The van der Waals surface area contributed by atoms with Gasteiger partial charge in [-0.25, -0.2) is 0 Å². The predicted octanol–water partition coefficient (Wildman–Crippen LogP) is 10.8. The summed E-state index contributed by atoms with van der Waals surface area (Å²) >= 11 is 0. The molecule has 9 aromatic rings. The van der Waals surface area contributed by atoms with Crippen LogP contribution in [0.15, 0.2) is 152 Å². The van der Waals surface area contributed by atoms with Crippen molar-refractivity contribution in [2.45, 2.75) is 0 Å². The molecule has 0 bridgehead atoms. The van der Waals surface area contributed by atoms with Crippen molar-refractivity contribution in [3.8, 4) is 51.8 Å². The molecule has 50 heavy (non-hydrogen) atoms. The van der Waals surface area contributed by atoms with E-state index >= 15 is 0 Å². The molecule has 0 aliphatic heterocycles. The molecule has 7 aromatic carbocycles. The minimum absolute atomic E-state index is 0.520. The fourth-order valence-corrected chi connectivity index (χ4v) is 7.41. The number of para-hydroxylation sites is 2. The highest BCUT2D eigenvalue weighted by molar-refractivity contribution is 6.13. The number of benzene rings is 7. The number of fused-ring (bicyclic) bond motifs is 6. The molecular formula is C45H25N5. The summed E-state index contributed by atoms with van der Waals surface area (Å²) in [4.78, 5) is 0. The average Bonchev–Trinajstić information content (AvgIpc) is 3.70. The molecule has 0 aliphatic carbocycles. The van der Waals surface area contributed by atoms with E-state index in [-0.39, 0.29) is 0 Å². The number of nitrogens with zero attached hydrogens (tertiary/aromatic N) is 5. The first-order chi connectivity index (χ1) is 24.7. The monoisotopic (exact) mass is 635 g/mol. The quantitative estimate of drug-likeness (QED) is 0.193. The first-order valence-electron chi connectivity index (χ1n) is 16.3. The van der Waals surface area contributed by atoms with Crippen molar-refractivity contribution in [1.82, 2.24) is 9.13 Å². The van der Waals surface area contributed by atoms with E-state index in [4.69, 9.17) is 0 Å². The zero-order valence-corrected chi connectivity index (χ0v) is 26.7. The number of hydrogen-bond donors (Lipinski definition) is 0. The second-order valence-electron chi connectivity index (χ2n) is 12.3. The Labute approximate surface area is 287 Å². The average molecular weight is 636 g/mol. The van der Waals surface area contributed by atoms with Crippen molar-refractivity contribution >= 4 is 43.6 Å². The van der Waals surface area contributed by atoms with Crippen LogP contribution in [0.25, 0.3) is 77.2 Å². The van der Waals surface area contributed by atoms with Gasteiger partial charge in [-0.2, -0.15) is 15.8 Å². The van der Waals surface area contributed by atoms with Crippen molar-refractivity contribution in [2.75, 3.05) is 0 Å². The summed E-state index contributed by atoms with van der Waals surface area (Å²) in [5, 5.41) is 33.8. The topological polar surface area (TPSA) is 81.2 Å². The molecule has 0 amide bonds. The second kappa shape index (κ2) is 11.4. The Morgan fingerprint density at radius 2 is 1.00 bits per heavy atom. The molecule has 0 spiro atoms. The lowest BCUT2D eigenvalue weighted by Gasteiger charge is -2.16. The van der Waals surface area contributed by atoms with Gasteiger partial charge in [0.15, 0.2) is 0 Å². The van der Waals surface area contributed by atoms with Crippen LogP contribution in [0.1, 0.15) is 16.7 Å². The van der Waals surface area contributed by atoms with Crippen LogP contribution < -0.4 is 0 Å². The lowest BCUT2D eigenvalue weighted by atomic mass is 9.96. The fraction of sp³-hybridized carbons (Fsp3) is 0. The van der Waals surface area contributed by atoms with Crippen LogP contribution in [0, 0.1) is 34.0 Å². The van der Waals surface area contributed by atoms with Gasteiger partial charge in [-0.05, 0) is 89.5 Å². The van der Waals surface area contributed by atoms with Gasteiger partial charge >= 0.3 is 0 Å². The van der Waals surface area contributed by atoms with Gasteiger partial charge in [-0.3, -0.25) is 0 Å². The molecule has 0 atom stereocenters. The minimum atomic E-state index is 0.520. The van der Waals surface area contributed by atoms with Crippen LogP contribution in [0.5, 0.6) is 0 Å². The van der Waals surface area contributed by atoms with E-state index in [1.54, 1.807) is 12.1 Å². The maximum Gasteiger partial charge on any atom is 0.0998 e. The molecule has 0 aliphatic rings. The lowest BCUT2D eigenvalue weighted by Crippen LogP contribution is -1.99. The van der Waals surface area contributed by atoms with Crippen LogP contribution in [0.3, 0.4) is 0 Å². The van der Waals surface area contributed by atoms with Crippen molar-refractivity contribution in [1.29, 1.82) is 15.8 Å². The minimum Gasteiger partial charge on any atom is -0.309 e. The number of hydrogen-bond acceptors (Lipinski definition) is 3. The van der Waals surface area contributed by atoms with Crippen LogP contribution in [0.4, 0.5) is 0 Å². The molecule has 9 rings (SSSR count). The van der Waals surface area contributed by atoms with Gasteiger partial charge in [0.25, 0.3) is 0 Å². The van der Waals surface area contributed by atoms with E-state index in [0.29, 0.717) is 16.7 Å². The zero-order chi connectivity index (χ0) is 33.8. The Bertz CT molecular complexity index is 2920. The number of rotatable bonds is 4. The van der Waals surface area contributed by atoms with E-state index in [1.807, 2.05) is 42.5 Å². The van der Waals surface area contributed by atoms with Crippen LogP contribution in [-0.2, 0) is 0 Å². The van der Waals surface area contributed by atoms with E-state index in [0.717, 1.165) is 66.5 Å². The van der Waals surface area contributed by atoms with Crippen molar-refractivity contribution in [2.24, 2.45) is 0 Å². The maximum atomic E-state index is 10.1. The zero-order valence-electron chi connectivity index (χ0n) is 26.7. The highest BCUT2D eigenvalue weighted by Gasteiger charge is 2.19. The summed E-state index contributed by atoms with van der Waals surface area (Å²) in [6, 6.07) is 58.0. The smallest absolute Gasteiger partial charge is 0.0998 e. The molecule has 0 saturated carbocycles. The summed E-state index contributed by atoms with van der Waals surface area (Å²) in [5.74, 6) is 0. The Morgan fingerprint density at radius 1 is 0.400 bits per heavy atom. The van der Waals surface area contributed by atoms with Crippen molar-refractivity contribution in [3.05, 3.63) is 168 Å². The van der Waals surface area contributed by atoms with Gasteiger partial charge in [0.05, 0.1) is 62.7 Å². The highest BCUT2D eigenvalue weighted by Crippen LogP contribution is 2.39. The Balaban J connectivity index is 1.24. The number of aromatic nitrogens is 2. The van der Waals surface area contributed by atoms with Crippen molar-refractivity contribution in [3.63, 3.8) is 0 Å². The Kier molecular flexibility index (Phi) is 6.56.